The van der Waals surface area contributed by atoms with Crippen molar-refractivity contribution < 1.29 is 28.5 Å². The van der Waals surface area contributed by atoms with Gasteiger partial charge in [-0.1, -0.05) is 0 Å². The summed E-state index contributed by atoms with van der Waals surface area (Å²) >= 11 is 0. The first-order valence-electron chi connectivity index (χ1n) is 5.51. The molecule has 0 unspecified atom stereocenters. The topological polar surface area (TPSA) is 78.8 Å². The number of nitrogens with one attached hydrogen (secondary N) is 1. The first-order chi connectivity index (χ1) is 8.90. The lowest BCUT2D eigenvalue weighted by Gasteiger charge is -2.26. The Morgan fingerprint density at radius 3 is 2.53 bits per heavy atom. The second-order valence-electron chi connectivity index (χ2n) is 4.29. The summed E-state index contributed by atoms with van der Waals surface area (Å²) < 4.78 is 30.7. The van der Waals surface area contributed by atoms with Crippen LogP contribution in [0, 0.1) is 11.6 Å². The second kappa shape index (κ2) is 6.44. The third-order valence-electron chi connectivity index (χ3n) is 2.39. The second-order valence-corrected chi connectivity index (χ2v) is 4.29. The molecule has 1 amide bonds. The number of halogens is 2. The first-order valence-corrected chi connectivity index (χ1v) is 5.51. The lowest BCUT2D eigenvalue weighted by molar-refractivity contribution is -0.126. The highest BCUT2D eigenvalue weighted by Gasteiger charge is 2.24. The van der Waals surface area contributed by atoms with Crippen molar-refractivity contribution in [1.29, 1.82) is 0 Å². The molecule has 106 valence electrons. The normalized spacial score (nSPS) is 11.2. The minimum atomic E-state index is -1.18. The monoisotopic (exact) mass is 275 g/mol. The smallest absolute Gasteiger partial charge is 0.258 e. The van der Waals surface area contributed by atoms with Crippen molar-refractivity contribution >= 4 is 5.91 Å². The molecule has 0 spiro atoms. The average molecular weight is 275 g/mol. The van der Waals surface area contributed by atoms with Crippen LogP contribution in [-0.2, 0) is 4.79 Å². The van der Waals surface area contributed by atoms with Crippen LogP contribution in [0.1, 0.15) is 6.92 Å². The van der Waals surface area contributed by atoms with Gasteiger partial charge in [0.25, 0.3) is 5.91 Å². The maximum atomic E-state index is 13.2. The Hall–Kier alpha value is -1.73. The van der Waals surface area contributed by atoms with Crippen LogP contribution in [0.15, 0.2) is 18.2 Å². The van der Waals surface area contributed by atoms with Crippen LogP contribution < -0.4 is 10.1 Å². The molecule has 0 aliphatic carbocycles. The molecule has 7 heteroatoms. The van der Waals surface area contributed by atoms with Crippen molar-refractivity contribution in [3.63, 3.8) is 0 Å². The lowest BCUT2D eigenvalue weighted by Crippen LogP contribution is -2.53. The zero-order valence-electron chi connectivity index (χ0n) is 10.3. The number of benzene rings is 1. The van der Waals surface area contributed by atoms with E-state index in [1.54, 1.807) is 0 Å². The number of hydrogen-bond donors (Lipinski definition) is 3. The number of ether oxygens (including phenoxy) is 1. The Labute approximate surface area is 108 Å². The van der Waals surface area contributed by atoms with E-state index >= 15 is 0 Å². The predicted molar refractivity (Wildman–Crippen MR) is 62.6 cm³/mol. The molecule has 1 aromatic carbocycles. The van der Waals surface area contributed by atoms with Crippen LogP contribution in [0.25, 0.3) is 0 Å². The summed E-state index contributed by atoms with van der Waals surface area (Å²) in [6.07, 6.45) is 0. The molecule has 0 fully saturated rings. The molecule has 0 atom stereocenters. The molecule has 0 heterocycles. The third kappa shape index (κ3) is 4.46. The third-order valence-corrected chi connectivity index (χ3v) is 2.39. The van der Waals surface area contributed by atoms with Gasteiger partial charge in [0.15, 0.2) is 18.2 Å². The molecule has 19 heavy (non-hydrogen) atoms. The van der Waals surface area contributed by atoms with Crippen LogP contribution in [0.3, 0.4) is 0 Å². The van der Waals surface area contributed by atoms with Gasteiger partial charge in [-0.05, 0) is 19.1 Å². The molecule has 0 bridgehead atoms. The van der Waals surface area contributed by atoms with Gasteiger partial charge in [0.2, 0.25) is 0 Å². The van der Waals surface area contributed by atoms with Gasteiger partial charge in [-0.2, -0.15) is 0 Å². The van der Waals surface area contributed by atoms with E-state index in [4.69, 9.17) is 14.9 Å². The number of aliphatic hydroxyl groups is 2. The number of carbonyl (C=O) groups is 1. The number of carbonyl (C=O) groups excluding carboxylic acids is 1. The zero-order valence-corrected chi connectivity index (χ0v) is 10.3. The fourth-order valence-corrected chi connectivity index (χ4v) is 1.24. The first kappa shape index (κ1) is 15.3. The summed E-state index contributed by atoms with van der Waals surface area (Å²) in [4.78, 5) is 11.5. The van der Waals surface area contributed by atoms with Crippen molar-refractivity contribution in [2.24, 2.45) is 0 Å². The van der Waals surface area contributed by atoms with E-state index in [-0.39, 0.29) is 5.75 Å². The molecule has 0 aliphatic rings. The minimum absolute atomic E-state index is 0.258. The summed E-state index contributed by atoms with van der Waals surface area (Å²) in [5.74, 6) is -2.57. The molecule has 0 saturated heterocycles. The van der Waals surface area contributed by atoms with Crippen LogP contribution in [0.2, 0.25) is 0 Å². The van der Waals surface area contributed by atoms with Gasteiger partial charge in [-0.25, -0.2) is 8.78 Å². The molecule has 5 nitrogen and oxygen atoms in total. The Kier molecular flexibility index (Phi) is 5.20. The molecule has 0 radical (unpaired) electrons. The predicted octanol–water partition coefficient (Wildman–Crippen LogP) is 0.203. The molecular formula is C12H15F2NO4. The van der Waals surface area contributed by atoms with E-state index in [9.17, 15) is 13.6 Å². The quantitative estimate of drug-likeness (QED) is 0.693. The lowest BCUT2D eigenvalue weighted by atomic mass is 10.1. The van der Waals surface area contributed by atoms with Crippen LogP contribution in [0.4, 0.5) is 8.78 Å². The largest absolute Gasteiger partial charge is 0.481 e. The molecular weight excluding hydrogens is 260 g/mol. The number of rotatable bonds is 6. The molecule has 0 aliphatic heterocycles. The standard InChI is InChI=1S/C12H15F2NO4/c1-12(6-16,7-17)15-11(18)5-19-10-3-2-8(13)4-9(10)14/h2-4,16-17H,5-7H2,1H3,(H,15,18). The Morgan fingerprint density at radius 2 is 2.00 bits per heavy atom. The molecule has 0 aromatic heterocycles. The van der Waals surface area contributed by atoms with Crippen LogP contribution >= 0.6 is 0 Å². The average Bonchev–Trinajstić information content (AvgIpc) is 2.37. The van der Waals surface area contributed by atoms with Crippen LogP contribution in [0.5, 0.6) is 5.75 Å². The molecule has 0 saturated carbocycles. The van der Waals surface area contributed by atoms with Crippen molar-refractivity contribution in [2.45, 2.75) is 12.5 Å². The van der Waals surface area contributed by atoms with E-state index in [1.807, 2.05) is 0 Å². The van der Waals surface area contributed by atoms with Gasteiger partial charge in [-0.3, -0.25) is 4.79 Å². The molecule has 1 rings (SSSR count). The highest BCUT2D eigenvalue weighted by Crippen LogP contribution is 2.17. The van der Waals surface area contributed by atoms with Crippen molar-refractivity contribution in [2.75, 3.05) is 19.8 Å². The fourth-order valence-electron chi connectivity index (χ4n) is 1.24. The van der Waals surface area contributed by atoms with Gasteiger partial charge in [0, 0.05) is 6.07 Å². The van der Waals surface area contributed by atoms with Crippen molar-refractivity contribution in [1.82, 2.24) is 5.32 Å². The zero-order chi connectivity index (χ0) is 14.5. The van der Waals surface area contributed by atoms with E-state index in [0.29, 0.717) is 6.07 Å². The van der Waals surface area contributed by atoms with Crippen LogP contribution in [-0.4, -0.2) is 41.5 Å². The summed E-state index contributed by atoms with van der Waals surface area (Å²) in [7, 11) is 0. The Morgan fingerprint density at radius 1 is 1.37 bits per heavy atom. The Bertz CT molecular complexity index is 449. The van der Waals surface area contributed by atoms with Gasteiger partial charge in [0.05, 0.1) is 18.8 Å². The highest BCUT2D eigenvalue weighted by molar-refractivity contribution is 5.78. The summed E-state index contributed by atoms with van der Waals surface area (Å²) in [6.45, 7) is 0.00180. The van der Waals surface area contributed by atoms with Crippen molar-refractivity contribution in [3.05, 3.63) is 29.8 Å². The maximum Gasteiger partial charge on any atom is 0.258 e. The highest BCUT2D eigenvalue weighted by atomic mass is 19.1. The molecule has 3 N–H and O–H groups in total. The Balaban J connectivity index is 2.55. The van der Waals surface area contributed by atoms with E-state index in [1.165, 1.54) is 6.92 Å². The SMILES string of the molecule is CC(CO)(CO)NC(=O)COc1ccc(F)cc1F. The van der Waals surface area contributed by atoms with Gasteiger partial charge >= 0.3 is 0 Å². The number of amides is 1. The summed E-state index contributed by atoms with van der Waals surface area (Å²) in [5.41, 5.74) is -1.18. The van der Waals surface area contributed by atoms with E-state index in [0.717, 1.165) is 12.1 Å². The van der Waals surface area contributed by atoms with Gasteiger partial charge < -0.3 is 20.3 Å². The maximum absolute atomic E-state index is 13.2. The minimum Gasteiger partial charge on any atom is -0.481 e. The summed E-state index contributed by atoms with van der Waals surface area (Å²) in [5, 5.41) is 20.3. The van der Waals surface area contributed by atoms with Gasteiger partial charge in [0.1, 0.15) is 5.82 Å². The molecule has 1 aromatic rings. The summed E-state index contributed by atoms with van der Waals surface area (Å²) in [6, 6.07) is 2.70. The van der Waals surface area contributed by atoms with Crippen molar-refractivity contribution in [3.8, 4) is 5.75 Å². The van der Waals surface area contributed by atoms with E-state index < -0.39 is 42.9 Å². The number of aliphatic hydroxyl groups excluding tert-OH is 2. The fraction of sp³-hybridized carbons (Fsp3) is 0.417. The number of hydrogen-bond acceptors (Lipinski definition) is 4. The van der Waals surface area contributed by atoms with E-state index in [2.05, 4.69) is 5.32 Å². The van der Waals surface area contributed by atoms with Gasteiger partial charge in [-0.15, -0.1) is 0 Å².